The molecule has 2 aromatic rings. The first kappa shape index (κ1) is 26.5. The number of carbonyl (C=O) groups is 2. The van der Waals surface area contributed by atoms with E-state index in [2.05, 4.69) is 12.1 Å². The molecule has 188 valence electrons. The number of aromatic carboxylic acids is 1. The molecule has 0 radical (unpaired) electrons. The number of rotatable bonds is 12. The maximum absolute atomic E-state index is 14.2. The van der Waals surface area contributed by atoms with E-state index in [0.29, 0.717) is 12.8 Å². The zero-order valence-electron chi connectivity index (χ0n) is 19.9. The van der Waals surface area contributed by atoms with Crippen LogP contribution in [0.25, 0.3) is 0 Å². The molecule has 2 aromatic carbocycles. The number of alkyl halides is 2. The van der Waals surface area contributed by atoms with Gasteiger partial charge in [-0.1, -0.05) is 61.5 Å². The normalized spacial score (nSPS) is 19.3. The Balaban J connectivity index is 1.53. The van der Waals surface area contributed by atoms with Gasteiger partial charge in [0.15, 0.2) is 0 Å². The largest absolute Gasteiger partial charge is 0.478 e. The maximum atomic E-state index is 14.2. The molecule has 0 aliphatic carbocycles. The lowest BCUT2D eigenvalue weighted by atomic mass is 9.95. The Labute approximate surface area is 205 Å². The van der Waals surface area contributed by atoms with Crippen molar-refractivity contribution in [2.45, 2.75) is 63.5 Å². The number of hydrogen-bond donors (Lipinski definition) is 2. The number of halogens is 2. The molecule has 35 heavy (non-hydrogen) atoms. The van der Waals surface area contributed by atoms with Crippen LogP contribution < -0.4 is 0 Å². The fourth-order valence-corrected chi connectivity index (χ4v) is 4.45. The van der Waals surface area contributed by atoms with Crippen LogP contribution in [0.5, 0.6) is 0 Å². The minimum atomic E-state index is -3.43. The fraction of sp³-hybridized carbons (Fsp3) is 0.429. The van der Waals surface area contributed by atoms with Crippen molar-refractivity contribution in [1.29, 1.82) is 0 Å². The van der Waals surface area contributed by atoms with E-state index in [1.165, 1.54) is 28.7 Å². The lowest BCUT2D eigenvalue weighted by Crippen LogP contribution is -2.37. The lowest BCUT2D eigenvalue weighted by Gasteiger charge is -2.22. The molecule has 1 amide bonds. The Hall–Kier alpha value is -3.06. The first-order chi connectivity index (χ1) is 16.7. The van der Waals surface area contributed by atoms with Crippen molar-refractivity contribution in [1.82, 2.24) is 4.90 Å². The highest BCUT2D eigenvalue weighted by Crippen LogP contribution is 2.34. The van der Waals surface area contributed by atoms with Gasteiger partial charge < -0.3 is 15.1 Å². The number of nitrogens with zero attached hydrogens (tertiary/aromatic N) is 1. The second-order valence-corrected chi connectivity index (χ2v) is 9.31. The Morgan fingerprint density at radius 2 is 1.80 bits per heavy atom. The van der Waals surface area contributed by atoms with E-state index < -0.39 is 36.4 Å². The molecule has 0 bridgehead atoms. The molecule has 3 rings (SSSR count). The Morgan fingerprint density at radius 3 is 2.51 bits per heavy atom. The van der Waals surface area contributed by atoms with Crippen molar-refractivity contribution < 1.29 is 28.6 Å². The summed E-state index contributed by atoms with van der Waals surface area (Å²) in [6.07, 6.45) is 5.18. The summed E-state index contributed by atoms with van der Waals surface area (Å²) in [5.74, 6) is -5.69. The lowest BCUT2D eigenvalue weighted by molar-refractivity contribution is -0.148. The van der Waals surface area contributed by atoms with Crippen LogP contribution in [0.15, 0.2) is 66.7 Å². The molecule has 0 aromatic heterocycles. The van der Waals surface area contributed by atoms with E-state index in [1.54, 1.807) is 18.2 Å². The van der Waals surface area contributed by atoms with Crippen molar-refractivity contribution in [2.24, 2.45) is 5.92 Å². The third-order valence-electron chi connectivity index (χ3n) is 6.56. The summed E-state index contributed by atoms with van der Waals surface area (Å²) >= 11 is 0. The first-order valence-electron chi connectivity index (χ1n) is 12.1. The van der Waals surface area contributed by atoms with E-state index in [0.717, 1.165) is 24.8 Å². The Bertz CT molecular complexity index is 1020. The molecule has 0 spiro atoms. The smallest absolute Gasteiger partial charge is 0.335 e. The number of aryl methyl sites for hydroxylation is 2. The number of aliphatic hydroxyl groups is 1. The second-order valence-electron chi connectivity index (χ2n) is 9.31. The van der Waals surface area contributed by atoms with E-state index in [4.69, 9.17) is 5.11 Å². The van der Waals surface area contributed by atoms with E-state index >= 15 is 0 Å². The average Bonchev–Trinajstić information content (AvgIpc) is 3.06. The number of carboxylic acid groups (broad SMARTS) is 1. The molecule has 3 atom stereocenters. The van der Waals surface area contributed by atoms with Crippen LogP contribution in [0, 0.1) is 5.92 Å². The van der Waals surface area contributed by atoms with Gasteiger partial charge in [0.2, 0.25) is 0 Å². The molecule has 0 saturated carbocycles. The minimum absolute atomic E-state index is 0.0393. The molecule has 7 heteroatoms. The number of carboxylic acids is 1. The van der Waals surface area contributed by atoms with E-state index in [-0.39, 0.29) is 18.0 Å². The van der Waals surface area contributed by atoms with Gasteiger partial charge in [0.25, 0.3) is 5.91 Å². The van der Waals surface area contributed by atoms with Crippen molar-refractivity contribution in [3.8, 4) is 0 Å². The van der Waals surface area contributed by atoms with Crippen LogP contribution >= 0.6 is 0 Å². The van der Waals surface area contributed by atoms with Gasteiger partial charge in [-0.15, -0.1) is 0 Å². The summed E-state index contributed by atoms with van der Waals surface area (Å²) in [7, 11) is 0. The van der Waals surface area contributed by atoms with Crippen LogP contribution in [0.3, 0.4) is 0 Å². The summed E-state index contributed by atoms with van der Waals surface area (Å²) < 4.78 is 28.4. The molecule has 1 aliphatic rings. The quantitative estimate of drug-likeness (QED) is 0.409. The SMILES string of the molecule is C[C@@H](CCCc1ccccc1)[C@H](O)C=C[C@H]1CC(F)(F)C(=O)N1CCCc1cccc(C(=O)O)c1. The van der Waals surface area contributed by atoms with Crippen molar-refractivity contribution in [3.63, 3.8) is 0 Å². The Kier molecular flexibility index (Phi) is 9.15. The average molecular weight is 486 g/mol. The number of carbonyl (C=O) groups excluding carboxylic acids is 1. The third-order valence-corrected chi connectivity index (χ3v) is 6.56. The van der Waals surface area contributed by atoms with Crippen LogP contribution in [0.2, 0.25) is 0 Å². The highest BCUT2D eigenvalue weighted by Gasteiger charge is 2.52. The summed E-state index contributed by atoms with van der Waals surface area (Å²) in [6, 6.07) is 15.8. The van der Waals surface area contributed by atoms with Gasteiger partial charge in [-0.05, 0) is 61.3 Å². The van der Waals surface area contributed by atoms with E-state index in [9.17, 15) is 23.5 Å². The molecular weight excluding hydrogens is 452 g/mol. The van der Waals surface area contributed by atoms with Gasteiger partial charge in [0.05, 0.1) is 17.7 Å². The predicted molar refractivity (Wildman–Crippen MR) is 130 cm³/mol. The molecular formula is C28H33F2NO4. The minimum Gasteiger partial charge on any atom is -0.478 e. The summed E-state index contributed by atoms with van der Waals surface area (Å²) in [4.78, 5) is 24.6. The molecule has 2 N–H and O–H groups in total. The predicted octanol–water partition coefficient (Wildman–Crippen LogP) is 5.13. The summed E-state index contributed by atoms with van der Waals surface area (Å²) in [6.45, 7) is 2.06. The fourth-order valence-electron chi connectivity index (χ4n) is 4.45. The van der Waals surface area contributed by atoms with Crippen molar-refractivity contribution in [2.75, 3.05) is 6.54 Å². The molecule has 0 unspecified atom stereocenters. The molecule has 1 aliphatic heterocycles. The molecule has 1 saturated heterocycles. The van der Waals surface area contributed by atoms with Crippen LogP contribution in [0.1, 0.15) is 54.1 Å². The molecule has 5 nitrogen and oxygen atoms in total. The van der Waals surface area contributed by atoms with Crippen molar-refractivity contribution in [3.05, 3.63) is 83.4 Å². The highest BCUT2D eigenvalue weighted by molar-refractivity contribution is 5.87. The Morgan fingerprint density at radius 1 is 1.11 bits per heavy atom. The van der Waals surface area contributed by atoms with Crippen LogP contribution in [0.4, 0.5) is 8.78 Å². The molecule has 1 fully saturated rings. The molecule has 1 heterocycles. The van der Waals surface area contributed by atoms with Crippen LogP contribution in [-0.4, -0.2) is 51.6 Å². The first-order valence-corrected chi connectivity index (χ1v) is 12.1. The van der Waals surface area contributed by atoms with Gasteiger partial charge >= 0.3 is 11.9 Å². The highest BCUT2D eigenvalue weighted by atomic mass is 19.3. The van der Waals surface area contributed by atoms with Gasteiger partial charge in [0, 0.05) is 13.0 Å². The zero-order valence-corrected chi connectivity index (χ0v) is 19.9. The topological polar surface area (TPSA) is 77.8 Å². The van der Waals surface area contributed by atoms with Gasteiger partial charge in [-0.25, -0.2) is 4.79 Å². The third kappa shape index (κ3) is 7.46. The van der Waals surface area contributed by atoms with E-state index in [1.807, 2.05) is 25.1 Å². The standard InChI is InChI=1S/C28H33F2NO4/c1-20(8-5-11-21-9-3-2-4-10-21)25(32)16-15-24-19-28(29,30)27(35)31(24)17-7-13-22-12-6-14-23(18-22)26(33)34/h2-4,6,9-10,12,14-16,18,20,24-25,32H,5,7-8,11,13,17,19H2,1H3,(H,33,34)/t20-,24-,25+/m0/s1. The number of amides is 1. The van der Waals surface area contributed by atoms with Gasteiger partial charge in [0.1, 0.15) is 0 Å². The number of aliphatic hydroxyl groups excluding tert-OH is 1. The van der Waals surface area contributed by atoms with Crippen LogP contribution in [-0.2, 0) is 17.6 Å². The monoisotopic (exact) mass is 485 g/mol. The maximum Gasteiger partial charge on any atom is 0.335 e. The summed E-state index contributed by atoms with van der Waals surface area (Å²) in [5.41, 5.74) is 2.18. The zero-order chi connectivity index (χ0) is 25.4. The number of likely N-dealkylation sites (tertiary alicyclic amines) is 1. The van der Waals surface area contributed by atoms with Gasteiger partial charge in [-0.3, -0.25) is 4.79 Å². The second kappa shape index (κ2) is 12.1. The number of hydrogen-bond acceptors (Lipinski definition) is 3. The number of benzene rings is 2. The van der Waals surface area contributed by atoms with Crippen molar-refractivity contribution >= 4 is 11.9 Å². The van der Waals surface area contributed by atoms with Gasteiger partial charge in [-0.2, -0.15) is 8.78 Å². The summed E-state index contributed by atoms with van der Waals surface area (Å²) in [5, 5.41) is 19.6.